The van der Waals surface area contributed by atoms with Crippen LogP contribution < -0.4 is 4.74 Å². The number of benzene rings is 1. The molecule has 0 bridgehead atoms. The average molecular weight is 217 g/mol. The first kappa shape index (κ1) is 11.6. The Balaban J connectivity index is 3.16. The van der Waals surface area contributed by atoms with E-state index in [1.807, 2.05) is 0 Å². The van der Waals surface area contributed by atoms with Crippen molar-refractivity contribution in [1.82, 2.24) is 0 Å². The summed E-state index contributed by atoms with van der Waals surface area (Å²) in [6, 6.07) is 4.19. The molecule has 0 atom stereocenters. The van der Waals surface area contributed by atoms with Crippen molar-refractivity contribution in [2.45, 2.75) is 6.36 Å². The lowest BCUT2D eigenvalue weighted by atomic mass is 10.1. The molecule has 0 aliphatic rings. The van der Waals surface area contributed by atoms with E-state index in [2.05, 4.69) is 11.3 Å². The van der Waals surface area contributed by atoms with Crippen LogP contribution in [0.2, 0.25) is 0 Å². The minimum atomic E-state index is -4.79. The molecule has 0 heterocycles. The second kappa shape index (κ2) is 4.35. The van der Waals surface area contributed by atoms with E-state index in [0.29, 0.717) is 6.61 Å². The number of alkyl halides is 3. The molecule has 15 heavy (non-hydrogen) atoms. The zero-order valence-corrected chi connectivity index (χ0v) is 7.58. The molecule has 0 fully saturated rings. The molecule has 0 aliphatic carbocycles. The number of rotatable bonds is 3. The van der Waals surface area contributed by atoms with Gasteiger partial charge < -0.3 is 9.84 Å². The molecule has 2 nitrogen and oxygen atoms in total. The van der Waals surface area contributed by atoms with E-state index in [4.69, 9.17) is 5.11 Å². The van der Waals surface area contributed by atoms with Crippen molar-refractivity contribution in [1.29, 1.82) is 0 Å². The third-order valence-electron chi connectivity index (χ3n) is 1.65. The molecule has 81 valence electrons. The standard InChI is InChI=1S/C10H8F3O2/c1-2-7-4-3-5-8(6-14)9(7)15-10(11,12)13/h2-6,14H,1H2. The number of halogens is 3. The maximum Gasteiger partial charge on any atom is 0.573 e. The van der Waals surface area contributed by atoms with Gasteiger partial charge in [0, 0.05) is 11.1 Å². The van der Waals surface area contributed by atoms with Gasteiger partial charge in [0.05, 0.1) is 0 Å². The predicted molar refractivity (Wildman–Crippen MR) is 48.6 cm³/mol. The summed E-state index contributed by atoms with van der Waals surface area (Å²) in [5.74, 6) is -0.456. The van der Waals surface area contributed by atoms with E-state index in [1.54, 1.807) is 0 Å². The molecule has 0 amide bonds. The van der Waals surface area contributed by atoms with Crippen LogP contribution >= 0.6 is 0 Å². The first-order chi connectivity index (χ1) is 6.98. The zero-order chi connectivity index (χ0) is 11.5. The van der Waals surface area contributed by atoms with Crippen molar-refractivity contribution < 1.29 is 23.0 Å². The van der Waals surface area contributed by atoms with Gasteiger partial charge in [-0.15, -0.1) is 13.2 Å². The Labute approximate surface area is 84.6 Å². The van der Waals surface area contributed by atoms with Crippen molar-refractivity contribution in [3.8, 4) is 5.75 Å². The Bertz CT molecular complexity index is 358. The van der Waals surface area contributed by atoms with Crippen LogP contribution in [0.1, 0.15) is 11.1 Å². The van der Waals surface area contributed by atoms with Crippen LogP contribution in [0, 0.1) is 6.61 Å². The van der Waals surface area contributed by atoms with Crippen LogP contribution in [0.5, 0.6) is 5.75 Å². The van der Waals surface area contributed by atoms with Gasteiger partial charge in [-0.1, -0.05) is 30.9 Å². The average Bonchev–Trinajstić information content (AvgIpc) is 2.16. The maximum absolute atomic E-state index is 12.0. The summed E-state index contributed by atoms with van der Waals surface area (Å²) < 4.78 is 39.8. The zero-order valence-electron chi connectivity index (χ0n) is 7.58. The summed E-state index contributed by atoms with van der Waals surface area (Å²) >= 11 is 0. The highest BCUT2D eigenvalue weighted by Gasteiger charge is 2.32. The van der Waals surface area contributed by atoms with E-state index < -0.39 is 12.1 Å². The van der Waals surface area contributed by atoms with Crippen molar-refractivity contribution in [2.24, 2.45) is 0 Å². The van der Waals surface area contributed by atoms with Gasteiger partial charge in [0.2, 0.25) is 0 Å². The molecule has 1 aromatic carbocycles. The highest BCUT2D eigenvalue weighted by molar-refractivity contribution is 5.59. The van der Waals surface area contributed by atoms with Crippen molar-refractivity contribution in [3.63, 3.8) is 0 Å². The van der Waals surface area contributed by atoms with E-state index in [9.17, 15) is 13.2 Å². The Morgan fingerprint density at radius 1 is 1.27 bits per heavy atom. The minimum absolute atomic E-state index is 0.0512. The lowest BCUT2D eigenvalue weighted by Crippen LogP contribution is -2.18. The van der Waals surface area contributed by atoms with Crippen LogP contribution in [0.3, 0.4) is 0 Å². The number of aliphatic hydroxyl groups is 1. The normalized spacial score (nSPS) is 11.2. The molecule has 5 heteroatoms. The topological polar surface area (TPSA) is 29.5 Å². The molecule has 0 unspecified atom stereocenters. The summed E-state index contributed by atoms with van der Waals surface area (Å²) in [5.41, 5.74) is 0.111. The van der Waals surface area contributed by atoms with Crippen LogP contribution in [-0.2, 0) is 0 Å². The largest absolute Gasteiger partial charge is 0.573 e. The quantitative estimate of drug-likeness (QED) is 0.842. The Morgan fingerprint density at radius 2 is 1.87 bits per heavy atom. The summed E-state index contributed by atoms with van der Waals surface area (Å²) in [6.07, 6.45) is -3.58. The maximum atomic E-state index is 12.0. The SMILES string of the molecule is C=Cc1cccc([CH]O)c1OC(F)(F)F. The fourth-order valence-electron chi connectivity index (χ4n) is 1.07. The van der Waals surface area contributed by atoms with Crippen LogP contribution in [0.25, 0.3) is 6.08 Å². The van der Waals surface area contributed by atoms with Gasteiger partial charge in [-0.2, -0.15) is 0 Å². The van der Waals surface area contributed by atoms with Gasteiger partial charge in [-0.05, 0) is 0 Å². The minimum Gasteiger partial charge on any atom is -0.405 e. The Hall–Kier alpha value is -1.49. The molecule has 0 saturated carbocycles. The molecule has 1 rings (SSSR count). The third kappa shape index (κ3) is 2.99. The van der Waals surface area contributed by atoms with E-state index in [1.165, 1.54) is 24.3 Å². The van der Waals surface area contributed by atoms with Crippen LogP contribution in [-0.4, -0.2) is 11.5 Å². The highest BCUT2D eigenvalue weighted by atomic mass is 19.4. The number of hydrogen-bond donors (Lipinski definition) is 1. The second-order valence-electron chi connectivity index (χ2n) is 2.65. The first-order valence-electron chi connectivity index (χ1n) is 3.96. The summed E-state index contributed by atoms with van der Waals surface area (Å²) in [7, 11) is 0. The molecule has 0 spiro atoms. The fraction of sp³-hybridized carbons (Fsp3) is 0.100. The van der Waals surface area contributed by atoms with E-state index in [0.717, 1.165) is 0 Å². The Morgan fingerprint density at radius 3 is 2.33 bits per heavy atom. The summed E-state index contributed by atoms with van der Waals surface area (Å²) in [5, 5.41) is 8.73. The molecule has 1 radical (unpaired) electrons. The molecule has 1 N–H and O–H groups in total. The third-order valence-corrected chi connectivity index (χ3v) is 1.65. The van der Waals surface area contributed by atoms with Crippen molar-refractivity contribution >= 4 is 6.08 Å². The van der Waals surface area contributed by atoms with Gasteiger partial charge in [0.1, 0.15) is 12.4 Å². The summed E-state index contributed by atoms with van der Waals surface area (Å²) in [4.78, 5) is 0. The highest BCUT2D eigenvalue weighted by Crippen LogP contribution is 2.31. The van der Waals surface area contributed by atoms with E-state index >= 15 is 0 Å². The van der Waals surface area contributed by atoms with Gasteiger partial charge in [-0.3, -0.25) is 0 Å². The number of hydrogen-bond acceptors (Lipinski definition) is 2. The number of ether oxygens (including phenoxy) is 1. The molecule has 1 aromatic rings. The monoisotopic (exact) mass is 217 g/mol. The van der Waals surface area contributed by atoms with Gasteiger partial charge in [0.15, 0.2) is 0 Å². The lowest BCUT2D eigenvalue weighted by Gasteiger charge is -2.14. The number of para-hydroxylation sites is 1. The number of aliphatic hydroxyl groups excluding tert-OH is 1. The Kier molecular flexibility index (Phi) is 3.36. The second-order valence-corrected chi connectivity index (χ2v) is 2.65. The van der Waals surface area contributed by atoms with Crippen molar-refractivity contribution in [2.75, 3.05) is 0 Å². The first-order valence-corrected chi connectivity index (χ1v) is 3.96. The molecule has 0 aliphatic heterocycles. The predicted octanol–water partition coefficient (Wildman–Crippen LogP) is 3.11. The fourth-order valence-corrected chi connectivity index (χ4v) is 1.07. The molecule has 0 saturated heterocycles. The summed E-state index contributed by atoms with van der Waals surface area (Å²) in [6.45, 7) is 3.90. The lowest BCUT2D eigenvalue weighted by molar-refractivity contribution is -0.274. The molecular formula is C10H8F3O2. The van der Waals surface area contributed by atoms with Gasteiger partial charge in [-0.25, -0.2) is 0 Å². The van der Waals surface area contributed by atoms with Crippen molar-refractivity contribution in [3.05, 3.63) is 42.5 Å². The smallest absolute Gasteiger partial charge is 0.405 e. The van der Waals surface area contributed by atoms with Gasteiger partial charge >= 0.3 is 6.36 Å². The molecular weight excluding hydrogens is 209 g/mol. The van der Waals surface area contributed by atoms with E-state index in [-0.39, 0.29) is 11.1 Å². The van der Waals surface area contributed by atoms with Crippen LogP contribution in [0.15, 0.2) is 24.8 Å². The van der Waals surface area contributed by atoms with Crippen LogP contribution in [0.4, 0.5) is 13.2 Å². The van der Waals surface area contributed by atoms with Gasteiger partial charge in [0.25, 0.3) is 0 Å². The molecule has 0 aromatic heterocycles.